The van der Waals surface area contributed by atoms with E-state index < -0.39 is 5.60 Å². The van der Waals surface area contributed by atoms with Crippen molar-refractivity contribution in [3.63, 3.8) is 0 Å². The number of methoxy groups -OCH3 is 3. The molecule has 3 heterocycles. The molecular formula is C27H29N5O3. The smallest absolute Gasteiger partial charge is 0.174 e. The molecule has 0 saturated heterocycles. The lowest BCUT2D eigenvalue weighted by atomic mass is 9.86. The third-order valence-electron chi connectivity index (χ3n) is 6.47. The van der Waals surface area contributed by atoms with Gasteiger partial charge in [-0.2, -0.15) is 5.10 Å². The highest BCUT2D eigenvalue weighted by molar-refractivity contribution is 5.69. The molecule has 1 atom stereocenters. The Hall–Kier alpha value is -3.91. The molecule has 2 aromatic heterocycles. The molecule has 0 saturated carbocycles. The Balaban J connectivity index is 1.45. The zero-order valence-corrected chi connectivity index (χ0v) is 20.4. The molecule has 35 heavy (non-hydrogen) atoms. The van der Waals surface area contributed by atoms with Crippen LogP contribution in [0.3, 0.4) is 0 Å². The molecule has 0 spiro atoms. The lowest BCUT2D eigenvalue weighted by molar-refractivity contribution is -0.00953. The van der Waals surface area contributed by atoms with Crippen LogP contribution in [-0.4, -0.2) is 45.6 Å². The van der Waals surface area contributed by atoms with E-state index in [-0.39, 0.29) is 0 Å². The first kappa shape index (κ1) is 22.9. The van der Waals surface area contributed by atoms with E-state index in [9.17, 15) is 0 Å². The van der Waals surface area contributed by atoms with Crippen molar-refractivity contribution in [1.29, 1.82) is 0 Å². The lowest BCUT2D eigenvalue weighted by Gasteiger charge is -2.35. The summed E-state index contributed by atoms with van der Waals surface area (Å²) in [5, 5.41) is 4.75. The lowest BCUT2D eigenvalue weighted by Crippen LogP contribution is -2.37. The molecule has 1 unspecified atom stereocenters. The molecule has 0 bridgehead atoms. The molecule has 1 aliphatic rings. The van der Waals surface area contributed by atoms with Crippen molar-refractivity contribution in [3.8, 4) is 17.2 Å². The molecule has 2 aromatic carbocycles. The maximum absolute atomic E-state index is 6.12. The van der Waals surface area contributed by atoms with Crippen LogP contribution in [0.25, 0.3) is 17.8 Å². The van der Waals surface area contributed by atoms with Crippen molar-refractivity contribution < 1.29 is 14.2 Å². The number of fused-ring (bicyclic) bond motifs is 1. The molecule has 0 radical (unpaired) electrons. The summed E-state index contributed by atoms with van der Waals surface area (Å²) in [4.78, 5) is 9.19. The fourth-order valence-corrected chi connectivity index (χ4v) is 4.65. The van der Waals surface area contributed by atoms with Crippen LogP contribution in [0.5, 0.6) is 11.5 Å². The second-order valence-corrected chi connectivity index (χ2v) is 8.57. The number of rotatable bonds is 7. The van der Waals surface area contributed by atoms with Gasteiger partial charge in [0.15, 0.2) is 17.2 Å². The van der Waals surface area contributed by atoms with Crippen molar-refractivity contribution in [2.75, 3.05) is 21.3 Å². The minimum Gasteiger partial charge on any atom is -0.497 e. The van der Waals surface area contributed by atoms with Gasteiger partial charge in [0.05, 0.1) is 31.9 Å². The van der Waals surface area contributed by atoms with Gasteiger partial charge in [0.25, 0.3) is 0 Å². The molecule has 0 amide bonds. The van der Waals surface area contributed by atoms with Gasteiger partial charge in [0.1, 0.15) is 11.5 Å². The highest BCUT2D eigenvalue weighted by Crippen LogP contribution is 2.40. The predicted octanol–water partition coefficient (Wildman–Crippen LogP) is 4.64. The van der Waals surface area contributed by atoms with E-state index in [1.807, 2.05) is 77.0 Å². The van der Waals surface area contributed by atoms with E-state index in [1.165, 1.54) is 0 Å². The zero-order chi connectivity index (χ0) is 24.4. The minimum atomic E-state index is -0.641. The summed E-state index contributed by atoms with van der Waals surface area (Å²) in [5.74, 6) is 3.04. The van der Waals surface area contributed by atoms with Gasteiger partial charge >= 0.3 is 0 Å². The van der Waals surface area contributed by atoms with Crippen molar-refractivity contribution in [2.24, 2.45) is 0 Å². The molecule has 0 aliphatic carbocycles. The predicted molar refractivity (Wildman–Crippen MR) is 134 cm³/mol. The summed E-state index contributed by atoms with van der Waals surface area (Å²) in [6.45, 7) is 2.77. The number of aromatic nitrogens is 5. The Morgan fingerprint density at radius 2 is 1.83 bits per heavy atom. The molecule has 0 N–H and O–H groups in total. The number of ether oxygens (including phenoxy) is 3. The Morgan fingerprint density at radius 1 is 1.00 bits per heavy atom. The van der Waals surface area contributed by atoms with Crippen LogP contribution in [0, 0.1) is 6.92 Å². The van der Waals surface area contributed by atoms with E-state index in [4.69, 9.17) is 24.3 Å². The zero-order valence-electron chi connectivity index (χ0n) is 20.4. The van der Waals surface area contributed by atoms with Gasteiger partial charge in [0.2, 0.25) is 0 Å². The van der Waals surface area contributed by atoms with Crippen LogP contribution in [0.2, 0.25) is 0 Å². The number of benzene rings is 2. The van der Waals surface area contributed by atoms with Gasteiger partial charge in [-0.1, -0.05) is 24.3 Å². The van der Waals surface area contributed by atoms with Crippen molar-refractivity contribution in [2.45, 2.75) is 31.9 Å². The monoisotopic (exact) mass is 471 g/mol. The second-order valence-electron chi connectivity index (χ2n) is 8.57. The average molecular weight is 472 g/mol. The van der Waals surface area contributed by atoms with Crippen molar-refractivity contribution in [1.82, 2.24) is 24.3 Å². The largest absolute Gasteiger partial charge is 0.497 e. The number of hydrogen-bond donors (Lipinski definition) is 0. The van der Waals surface area contributed by atoms with E-state index in [0.29, 0.717) is 5.82 Å². The fourth-order valence-electron chi connectivity index (χ4n) is 4.65. The van der Waals surface area contributed by atoms with Gasteiger partial charge in [-0.25, -0.2) is 14.6 Å². The average Bonchev–Trinajstić information content (AvgIpc) is 3.53. The number of aryl methyl sites for hydroxylation is 2. The summed E-state index contributed by atoms with van der Waals surface area (Å²) in [6.07, 6.45) is 9.46. The van der Waals surface area contributed by atoms with Gasteiger partial charge in [-0.3, -0.25) is 0 Å². The fraction of sp³-hybridized carbons (Fsp3) is 0.296. The Morgan fingerprint density at radius 3 is 2.51 bits per heavy atom. The molecule has 180 valence electrons. The first-order valence-electron chi connectivity index (χ1n) is 11.6. The summed E-state index contributed by atoms with van der Waals surface area (Å²) >= 11 is 0. The summed E-state index contributed by atoms with van der Waals surface area (Å²) in [6, 6.07) is 14.0. The molecule has 8 nitrogen and oxygen atoms in total. The van der Waals surface area contributed by atoms with Crippen molar-refractivity contribution >= 4 is 12.2 Å². The summed E-state index contributed by atoms with van der Waals surface area (Å²) in [7, 11) is 5.07. The Kier molecular flexibility index (Phi) is 6.13. The van der Waals surface area contributed by atoms with Crippen LogP contribution in [0.15, 0.2) is 55.0 Å². The first-order chi connectivity index (χ1) is 17.1. The normalized spacial score (nSPS) is 17.5. The van der Waals surface area contributed by atoms with Gasteiger partial charge < -0.3 is 18.8 Å². The van der Waals surface area contributed by atoms with E-state index in [2.05, 4.69) is 4.98 Å². The Labute approximate surface area is 204 Å². The molecule has 1 aliphatic heterocycles. The van der Waals surface area contributed by atoms with Gasteiger partial charge in [0, 0.05) is 19.9 Å². The maximum atomic E-state index is 6.12. The van der Waals surface area contributed by atoms with Crippen LogP contribution < -0.4 is 9.47 Å². The summed E-state index contributed by atoms with van der Waals surface area (Å²) < 4.78 is 21.0. The SMILES string of the molecule is COc1ccc(C2(OC)CCCn3nc(/C=C/c4ccc(-n5cnc(C)c5)c(OC)c4)nc32)cc1. The number of nitrogens with zero attached hydrogens (tertiary/aromatic N) is 5. The van der Waals surface area contributed by atoms with Crippen molar-refractivity contribution in [3.05, 3.63) is 83.5 Å². The minimum absolute atomic E-state index is 0.641. The van der Waals surface area contributed by atoms with Crippen LogP contribution >= 0.6 is 0 Å². The quantitative estimate of drug-likeness (QED) is 0.391. The maximum Gasteiger partial charge on any atom is 0.174 e. The molecule has 5 rings (SSSR count). The molecule has 4 aromatic rings. The standard InChI is InChI=1S/C27H29N5O3/c1-19-17-31(18-28-19)23-12-6-20(16-24(23)34-3)7-13-25-29-26-27(35-4,14-5-15-32(26)30-25)21-8-10-22(33-2)11-9-21/h6-13,16-18H,5,14-15H2,1-4H3/b13-7+. The number of imidazole rings is 1. The Bertz CT molecular complexity index is 1360. The molecule has 0 fully saturated rings. The van der Waals surface area contributed by atoms with Crippen LogP contribution in [0.4, 0.5) is 0 Å². The van der Waals surface area contributed by atoms with E-state index in [1.54, 1.807) is 27.7 Å². The van der Waals surface area contributed by atoms with Gasteiger partial charge in [-0.15, -0.1) is 0 Å². The number of hydrogen-bond acceptors (Lipinski definition) is 6. The van der Waals surface area contributed by atoms with E-state index >= 15 is 0 Å². The van der Waals surface area contributed by atoms with Crippen LogP contribution in [0.1, 0.15) is 41.3 Å². The third-order valence-corrected chi connectivity index (χ3v) is 6.47. The highest BCUT2D eigenvalue weighted by atomic mass is 16.5. The van der Waals surface area contributed by atoms with E-state index in [0.717, 1.165) is 59.2 Å². The summed E-state index contributed by atoms with van der Waals surface area (Å²) in [5.41, 5.74) is 3.28. The molecular weight excluding hydrogens is 442 g/mol. The third kappa shape index (κ3) is 4.21. The second kappa shape index (κ2) is 9.38. The van der Waals surface area contributed by atoms with Crippen LogP contribution in [-0.2, 0) is 16.9 Å². The molecule has 8 heteroatoms. The highest BCUT2D eigenvalue weighted by Gasteiger charge is 2.41. The topological polar surface area (TPSA) is 76.2 Å². The van der Waals surface area contributed by atoms with Gasteiger partial charge in [-0.05, 0) is 61.2 Å². The first-order valence-corrected chi connectivity index (χ1v) is 11.6.